The number of hydrogen-bond donors (Lipinski definition) is 1. The Morgan fingerprint density at radius 1 is 1.26 bits per heavy atom. The summed E-state index contributed by atoms with van der Waals surface area (Å²) in [4.78, 5) is 2.51. The van der Waals surface area contributed by atoms with Gasteiger partial charge >= 0.3 is 0 Å². The van der Waals surface area contributed by atoms with E-state index >= 15 is 0 Å². The van der Waals surface area contributed by atoms with Gasteiger partial charge in [-0.25, -0.2) is 0 Å². The van der Waals surface area contributed by atoms with Gasteiger partial charge in [-0.3, -0.25) is 4.90 Å². The Balaban J connectivity index is 1.69. The van der Waals surface area contributed by atoms with Crippen molar-refractivity contribution in [3.05, 3.63) is 29.3 Å². The number of ether oxygens (including phenoxy) is 1. The zero-order valence-electron chi connectivity index (χ0n) is 12.0. The highest BCUT2D eigenvalue weighted by Gasteiger charge is 2.22. The molecule has 0 radical (unpaired) electrons. The summed E-state index contributed by atoms with van der Waals surface area (Å²) in [5.41, 5.74) is 4.25. The molecule has 2 aliphatic rings. The van der Waals surface area contributed by atoms with Crippen LogP contribution in [0.25, 0.3) is 0 Å². The van der Waals surface area contributed by atoms with E-state index in [4.69, 9.17) is 4.74 Å². The lowest BCUT2D eigenvalue weighted by atomic mass is 10.0. The van der Waals surface area contributed by atoms with Crippen molar-refractivity contribution < 1.29 is 4.74 Å². The number of anilines is 1. The second-order valence-electron chi connectivity index (χ2n) is 5.97. The summed E-state index contributed by atoms with van der Waals surface area (Å²) < 4.78 is 5.79. The molecule has 3 nitrogen and oxygen atoms in total. The lowest BCUT2D eigenvalue weighted by Crippen LogP contribution is -2.44. The van der Waals surface area contributed by atoms with E-state index in [0.29, 0.717) is 12.2 Å². The van der Waals surface area contributed by atoms with Gasteiger partial charge in [0.25, 0.3) is 0 Å². The van der Waals surface area contributed by atoms with Crippen LogP contribution in [0.3, 0.4) is 0 Å². The lowest BCUT2D eigenvalue weighted by Gasteiger charge is -2.35. The van der Waals surface area contributed by atoms with Gasteiger partial charge in [0, 0.05) is 31.9 Å². The molecule has 2 heterocycles. The molecule has 0 aromatic heterocycles. The molecular formula is C16H24N2O. The van der Waals surface area contributed by atoms with Gasteiger partial charge in [-0.05, 0) is 43.9 Å². The van der Waals surface area contributed by atoms with Crippen LogP contribution in [-0.4, -0.2) is 36.7 Å². The van der Waals surface area contributed by atoms with E-state index < -0.39 is 0 Å². The number of aryl methyl sites for hydroxylation is 1. The minimum Gasteiger partial charge on any atom is -0.385 e. The average molecular weight is 260 g/mol. The van der Waals surface area contributed by atoms with Gasteiger partial charge in [-0.2, -0.15) is 0 Å². The standard InChI is InChI=1S/C16H24N2O/c1-12-9-18(10-13(2)19-12)11-14-5-6-16-15(8-14)4-3-7-17-16/h5-6,8,12-13,17H,3-4,7,9-11H2,1-2H3/t12-,13+. The normalized spacial score (nSPS) is 27.7. The quantitative estimate of drug-likeness (QED) is 0.884. The smallest absolute Gasteiger partial charge is 0.0678 e. The second-order valence-corrected chi connectivity index (χ2v) is 5.97. The summed E-state index contributed by atoms with van der Waals surface area (Å²) in [7, 11) is 0. The van der Waals surface area contributed by atoms with Gasteiger partial charge in [0.2, 0.25) is 0 Å². The van der Waals surface area contributed by atoms with Crippen LogP contribution >= 0.6 is 0 Å². The van der Waals surface area contributed by atoms with Crippen LogP contribution in [0.4, 0.5) is 5.69 Å². The van der Waals surface area contributed by atoms with E-state index in [1.807, 2.05) is 0 Å². The maximum absolute atomic E-state index is 5.79. The fourth-order valence-electron chi connectivity index (χ4n) is 3.30. The SMILES string of the molecule is C[C@@H]1CN(Cc2ccc3c(c2)CCCN3)C[C@H](C)O1. The monoisotopic (exact) mass is 260 g/mol. The van der Waals surface area contributed by atoms with E-state index in [1.54, 1.807) is 0 Å². The lowest BCUT2D eigenvalue weighted by molar-refractivity contribution is -0.0704. The molecule has 0 unspecified atom stereocenters. The third-order valence-electron chi connectivity index (χ3n) is 4.01. The van der Waals surface area contributed by atoms with Gasteiger partial charge < -0.3 is 10.1 Å². The Hall–Kier alpha value is -1.06. The molecule has 2 atom stereocenters. The molecule has 3 rings (SSSR count). The topological polar surface area (TPSA) is 24.5 Å². The number of fused-ring (bicyclic) bond motifs is 1. The summed E-state index contributed by atoms with van der Waals surface area (Å²) in [5.74, 6) is 0. The Bertz CT molecular complexity index is 436. The number of morpholine rings is 1. The Kier molecular flexibility index (Phi) is 3.76. The molecule has 0 saturated carbocycles. The molecule has 3 heteroatoms. The van der Waals surface area contributed by atoms with Crippen molar-refractivity contribution in [1.29, 1.82) is 0 Å². The zero-order valence-corrected chi connectivity index (χ0v) is 12.0. The predicted octanol–water partition coefficient (Wildman–Crippen LogP) is 2.65. The summed E-state index contributed by atoms with van der Waals surface area (Å²) in [5, 5.41) is 3.47. The first-order valence-corrected chi connectivity index (χ1v) is 7.44. The molecule has 1 fully saturated rings. The van der Waals surface area contributed by atoms with Gasteiger partial charge in [-0.15, -0.1) is 0 Å². The molecule has 2 aliphatic heterocycles. The van der Waals surface area contributed by atoms with Gasteiger partial charge in [0.1, 0.15) is 0 Å². The van der Waals surface area contributed by atoms with Gasteiger partial charge in [0.15, 0.2) is 0 Å². The first-order valence-electron chi connectivity index (χ1n) is 7.44. The molecule has 0 amide bonds. The molecular weight excluding hydrogens is 236 g/mol. The third kappa shape index (κ3) is 3.10. The number of nitrogens with zero attached hydrogens (tertiary/aromatic N) is 1. The van der Waals surface area contributed by atoms with Gasteiger partial charge in [-0.1, -0.05) is 12.1 Å². The van der Waals surface area contributed by atoms with Crippen molar-refractivity contribution >= 4 is 5.69 Å². The van der Waals surface area contributed by atoms with Crippen LogP contribution in [0.2, 0.25) is 0 Å². The van der Waals surface area contributed by atoms with Crippen LogP contribution in [0, 0.1) is 0 Å². The van der Waals surface area contributed by atoms with E-state index in [9.17, 15) is 0 Å². The summed E-state index contributed by atoms with van der Waals surface area (Å²) in [6.45, 7) is 8.58. The summed E-state index contributed by atoms with van der Waals surface area (Å²) >= 11 is 0. The highest BCUT2D eigenvalue weighted by molar-refractivity contribution is 5.54. The fourth-order valence-corrected chi connectivity index (χ4v) is 3.30. The Morgan fingerprint density at radius 3 is 2.84 bits per heavy atom. The van der Waals surface area contributed by atoms with Crippen LogP contribution in [0.15, 0.2) is 18.2 Å². The first-order chi connectivity index (χ1) is 9.20. The Labute approximate surface area is 115 Å². The number of hydrogen-bond acceptors (Lipinski definition) is 3. The van der Waals surface area contributed by atoms with Crippen molar-refractivity contribution in [3.63, 3.8) is 0 Å². The molecule has 0 spiro atoms. The number of rotatable bonds is 2. The summed E-state index contributed by atoms with van der Waals surface area (Å²) in [6, 6.07) is 6.89. The predicted molar refractivity (Wildman–Crippen MR) is 78.5 cm³/mol. The van der Waals surface area contributed by atoms with E-state index in [2.05, 4.69) is 42.3 Å². The first kappa shape index (κ1) is 12.9. The third-order valence-corrected chi connectivity index (χ3v) is 4.01. The van der Waals surface area contributed by atoms with Crippen molar-refractivity contribution in [2.45, 2.75) is 45.4 Å². The maximum atomic E-state index is 5.79. The van der Waals surface area contributed by atoms with Crippen molar-refractivity contribution in [1.82, 2.24) is 4.90 Å². The van der Waals surface area contributed by atoms with E-state index in [1.165, 1.54) is 29.7 Å². The van der Waals surface area contributed by atoms with E-state index in [-0.39, 0.29) is 0 Å². The highest BCUT2D eigenvalue weighted by atomic mass is 16.5. The molecule has 1 aromatic carbocycles. The van der Waals surface area contributed by atoms with E-state index in [0.717, 1.165) is 26.2 Å². The molecule has 19 heavy (non-hydrogen) atoms. The van der Waals surface area contributed by atoms with Crippen LogP contribution in [-0.2, 0) is 17.7 Å². The summed E-state index contributed by atoms with van der Waals surface area (Å²) in [6.07, 6.45) is 3.17. The second kappa shape index (κ2) is 5.51. The van der Waals surface area contributed by atoms with Crippen LogP contribution < -0.4 is 5.32 Å². The molecule has 1 aromatic rings. The van der Waals surface area contributed by atoms with Crippen molar-refractivity contribution in [3.8, 4) is 0 Å². The van der Waals surface area contributed by atoms with Crippen molar-refractivity contribution in [2.24, 2.45) is 0 Å². The molecule has 104 valence electrons. The zero-order chi connectivity index (χ0) is 13.2. The number of benzene rings is 1. The molecule has 1 saturated heterocycles. The molecule has 0 bridgehead atoms. The van der Waals surface area contributed by atoms with Crippen LogP contribution in [0.1, 0.15) is 31.4 Å². The minimum atomic E-state index is 0.350. The molecule has 0 aliphatic carbocycles. The molecule has 1 N–H and O–H groups in total. The maximum Gasteiger partial charge on any atom is 0.0678 e. The van der Waals surface area contributed by atoms with Gasteiger partial charge in [0.05, 0.1) is 12.2 Å². The minimum absolute atomic E-state index is 0.350. The van der Waals surface area contributed by atoms with Crippen molar-refractivity contribution in [2.75, 3.05) is 25.0 Å². The number of nitrogens with one attached hydrogen (secondary N) is 1. The fraction of sp³-hybridized carbons (Fsp3) is 0.625. The Morgan fingerprint density at radius 2 is 2.05 bits per heavy atom. The van der Waals surface area contributed by atoms with Crippen LogP contribution in [0.5, 0.6) is 0 Å². The largest absolute Gasteiger partial charge is 0.385 e. The average Bonchev–Trinajstić information content (AvgIpc) is 2.37. The highest BCUT2D eigenvalue weighted by Crippen LogP contribution is 2.24.